The minimum absolute atomic E-state index is 0.00254. The average molecular weight is 646 g/mol. The van der Waals surface area contributed by atoms with E-state index in [0.717, 1.165) is 21.3 Å². The topological polar surface area (TPSA) is 123 Å². The summed E-state index contributed by atoms with van der Waals surface area (Å²) in [5.74, 6) is -5.81. The zero-order chi connectivity index (χ0) is 31.6. The number of pyridine rings is 1. The molecule has 0 bridgehead atoms. The van der Waals surface area contributed by atoms with Crippen LogP contribution in [0.3, 0.4) is 0 Å². The number of carbonyl (C=O) groups excluding carboxylic acids is 2. The van der Waals surface area contributed by atoms with Crippen LogP contribution in [-0.4, -0.2) is 49.0 Å². The van der Waals surface area contributed by atoms with Crippen LogP contribution < -0.4 is 14.5 Å². The summed E-state index contributed by atoms with van der Waals surface area (Å²) >= 11 is 6.54. The fourth-order valence-corrected chi connectivity index (χ4v) is 7.48. The third-order valence-electron chi connectivity index (χ3n) is 7.71. The number of benzene rings is 2. The number of carbonyl (C=O) groups is 2. The van der Waals surface area contributed by atoms with E-state index in [1.54, 1.807) is 12.1 Å². The number of nitriles is 1. The number of anilines is 2. The number of sulfonamides is 1. The van der Waals surface area contributed by atoms with Crippen LogP contribution in [-0.2, 0) is 19.6 Å². The Morgan fingerprint density at radius 3 is 2.50 bits per heavy atom. The van der Waals surface area contributed by atoms with Crippen molar-refractivity contribution in [3.63, 3.8) is 0 Å². The second-order valence-corrected chi connectivity index (χ2v) is 13.1. The molecule has 1 saturated heterocycles. The van der Waals surface area contributed by atoms with Gasteiger partial charge in [0.25, 0.3) is 5.91 Å². The average Bonchev–Trinajstić information content (AvgIpc) is 3.31. The van der Waals surface area contributed by atoms with Crippen LogP contribution >= 0.6 is 11.6 Å². The molecule has 2 heterocycles. The second kappa shape index (κ2) is 12.5. The predicted octanol–water partition coefficient (Wildman–Crippen LogP) is 5.12. The molecule has 2 aromatic carbocycles. The van der Waals surface area contributed by atoms with Crippen molar-refractivity contribution in [3.8, 4) is 6.07 Å². The van der Waals surface area contributed by atoms with E-state index in [1.165, 1.54) is 42.6 Å². The summed E-state index contributed by atoms with van der Waals surface area (Å²) in [5, 5.41) is 12.2. The van der Waals surface area contributed by atoms with Gasteiger partial charge in [0.15, 0.2) is 0 Å². The highest BCUT2D eigenvalue weighted by Gasteiger charge is 2.47. The van der Waals surface area contributed by atoms with Crippen molar-refractivity contribution in [1.82, 2.24) is 10.3 Å². The van der Waals surface area contributed by atoms with Gasteiger partial charge in [-0.2, -0.15) is 5.26 Å². The Bertz CT molecular complexity index is 1730. The molecule has 1 unspecified atom stereocenters. The molecule has 1 aromatic heterocycles. The lowest BCUT2D eigenvalue weighted by molar-refractivity contribution is -0.128. The molecule has 1 saturated carbocycles. The van der Waals surface area contributed by atoms with Gasteiger partial charge in [-0.25, -0.2) is 30.9 Å². The highest BCUT2D eigenvalue weighted by Crippen LogP contribution is 2.38. The van der Waals surface area contributed by atoms with Crippen LogP contribution in [0.25, 0.3) is 0 Å². The molecule has 14 heteroatoms. The Hall–Kier alpha value is -4.15. The summed E-state index contributed by atoms with van der Waals surface area (Å²) in [6.45, 7) is 0. The van der Waals surface area contributed by atoms with Gasteiger partial charge in [0, 0.05) is 41.4 Å². The molecule has 9 nitrogen and oxygen atoms in total. The summed E-state index contributed by atoms with van der Waals surface area (Å²) in [7, 11) is -4.09. The quantitative estimate of drug-likeness (QED) is 0.380. The zero-order valence-electron chi connectivity index (χ0n) is 23.2. The maximum absolute atomic E-state index is 14.6. The summed E-state index contributed by atoms with van der Waals surface area (Å²) in [6, 6.07) is 12.0. The summed E-state index contributed by atoms with van der Waals surface area (Å²) in [6.07, 6.45) is 0.187. The van der Waals surface area contributed by atoms with Gasteiger partial charge < -0.3 is 5.32 Å². The molecule has 5 rings (SSSR count). The fraction of sp³-hybridized carbons (Fsp3) is 0.333. The smallest absolute Gasteiger partial charge is 0.252 e. The number of aromatic nitrogens is 1. The van der Waals surface area contributed by atoms with E-state index >= 15 is 0 Å². The van der Waals surface area contributed by atoms with Crippen LogP contribution in [0.15, 0.2) is 66.9 Å². The highest BCUT2D eigenvalue weighted by atomic mass is 35.5. The Morgan fingerprint density at radius 1 is 1.09 bits per heavy atom. The van der Waals surface area contributed by atoms with Gasteiger partial charge in [-0.15, -0.1) is 0 Å². The minimum Gasteiger partial charge on any atom is -0.351 e. The third kappa shape index (κ3) is 6.51. The first kappa shape index (κ1) is 31.3. The molecule has 2 atom stereocenters. The molecule has 1 aliphatic heterocycles. The van der Waals surface area contributed by atoms with E-state index < -0.39 is 70.3 Å². The highest BCUT2D eigenvalue weighted by molar-refractivity contribution is 7.93. The van der Waals surface area contributed by atoms with Crippen LogP contribution in [0.2, 0.25) is 5.02 Å². The maximum atomic E-state index is 14.6. The maximum Gasteiger partial charge on any atom is 0.252 e. The normalized spacial score (nSPS) is 20.0. The summed E-state index contributed by atoms with van der Waals surface area (Å²) in [4.78, 5) is 33.7. The van der Waals surface area contributed by atoms with E-state index in [9.17, 15) is 36.4 Å². The lowest BCUT2D eigenvalue weighted by Gasteiger charge is -2.37. The molecule has 1 aliphatic carbocycles. The first-order valence-corrected chi connectivity index (χ1v) is 15.8. The van der Waals surface area contributed by atoms with Crippen LogP contribution in [0.1, 0.15) is 49.3 Å². The van der Waals surface area contributed by atoms with Gasteiger partial charge in [0.05, 0.1) is 17.4 Å². The molecule has 0 radical (unpaired) electrons. The van der Waals surface area contributed by atoms with Crippen molar-refractivity contribution in [2.24, 2.45) is 0 Å². The summed E-state index contributed by atoms with van der Waals surface area (Å²) in [5.41, 5.74) is 0.201. The largest absolute Gasteiger partial charge is 0.351 e. The molecule has 1 N–H and O–H groups in total. The van der Waals surface area contributed by atoms with Crippen LogP contribution in [0.5, 0.6) is 0 Å². The van der Waals surface area contributed by atoms with Gasteiger partial charge in [0.2, 0.25) is 21.9 Å². The van der Waals surface area contributed by atoms with E-state index in [1.807, 2.05) is 6.07 Å². The molecule has 0 spiro atoms. The number of rotatable bonds is 7. The zero-order valence-corrected chi connectivity index (χ0v) is 24.7. The van der Waals surface area contributed by atoms with Gasteiger partial charge in [0.1, 0.15) is 23.7 Å². The Labute approximate surface area is 257 Å². The predicted molar refractivity (Wildman–Crippen MR) is 157 cm³/mol. The number of nitrogens with one attached hydrogen (secondary N) is 1. The first-order chi connectivity index (χ1) is 20.9. The van der Waals surface area contributed by atoms with Gasteiger partial charge >= 0.3 is 0 Å². The standard InChI is InChI=1S/C30H27ClF3N5O4S/c31-24-7-2-1-6-23(24)27(28(40)37-21-8-12-30(33,34)13-9-21)38(22-5-3-4-20(32)17-22)29(41)25-11-15-44(42,43)39(25)26-16-19(18-35)10-14-36-26/h1-7,10,14,16-17,21,25,27H,8-9,11-13,15H2,(H,37,40)/t25?,27-/m0/s1. The van der Waals surface area contributed by atoms with Crippen molar-refractivity contribution in [2.75, 3.05) is 15.0 Å². The van der Waals surface area contributed by atoms with Gasteiger partial charge in [-0.3, -0.25) is 14.5 Å². The number of hydrogen-bond donors (Lipinski definition) is 1. The van der Waals surface area contributed by atoms with E-state index in [4.69, 9.17) is 11.6 Å². The molecule has 230 valence electrons. The minimum atomic E-state index is -4.09. The van der Waals surface area contributed by atoms with Crippen molar-refractivity contribution < 1.29 is 31.2 Å². The molecule has 3 aromatic rings. The van der Waals surface area contributed by atoms with Crippen molar-refractivity contribution in [1.29, 1.82) is 5.26 Å². The van der Waals surface area contributed by atoms with E-state index in [2.05, 4.69) is 10.3 Å². The lowest BCUT2D eigenvalue weighted by Crippen LogP contribution is -2.53. The number of nitrogens with zero attached hydrogens (tertiary/aromatic N) is 4. The van der Waals surface area contributed by atoms with Crippen LogP contribution in [0.4, 0.5) is 24.7 Å². The number of amides is 2. The number of hydrogen-bond acceptors (Lipinski definition) is 6. The Balaban J connectivity index is 1.62. The third-order valence-corrected chi connectivity index (χ3v) is 9.85. The Kier molecular flexibility index (Phi) is 8.85. The van der Waals surface area contributed by atoms with Gasteiger partial charge in [-0.05, 0) is 55.7 Å². The first-order valence-electron chi connectivity index (χ1n) is 13.8. The monoisotopic (exact) mass is 645 g/mol. The second-order valence-electron chi connectivity index (χ2n) is 10.7. The molecule has 44 heavy (non-hydrogen) atoms. The Morgan fingerprint density at radius 2 is 1.82 bits per heavy atom. The molecular formula is C30H27ClF3N5O4S. The van der Waals surface area contributed by atoms with Crippen molar-refractivity contribution >= 4 is 44.9 Å². The number of alkyl halides is 2. The van der Waals surface area contributed by atoms with Crippen molar-refractivity contribution in [2.45, 2.75) is 56.2 Å². The molecule has 2 amide bonds. The SMILES string of the molecule is N#Cc1ccnc(N2C(C(=O)N(c3cccc(F)c3)[C@H](C(=O)NC3CCC(F)(F)CC3)c3ccccc3Cl)CCS2(=O)=O)c1. The molecular weight excluding hydrogens is 619 g/mol. The molecule has 2 aliphatic rings. The number of halogens is 4. The van der Waals surface area contributed by atoms with E-state index in [-0.39, 0.29) is 46.9 Å². The van der Waals surface area contributed by atoms with Crippen molar-refractivity contribution in [3.05, 3.63) is 88.8 Å². The van der Waals surface area contributed by atoms with Crippen LogP contribution in [0, 0.1) is 17.1 Å². The van der Waals surface area contributed by atoms with Gasteiger partial charge in [-0.1, -0.05) is 35.9 Å². The molecule has 2 fully saturated rings. The summed E-state index contributed by atoms with van der Waals surface area (Å²) < 4.78 is 69.6. The fourth-order valence-electron chi connectivity index (χ4n) is 5.55. The van der Waals surface area contributed by atoms with E-state index in [0.29, 0.717) is 0 Å². The lowest BCUT2D eigenvalue weighted by atomic mass is 9.91.